The summed E-state index contributed by atoms with van der Waals surface area (Å²) in [6, 6.07) is 1.13. The minimum atomic E-state index is -0.548. The van der Waals surface area contributed by atoms with Gasteiger partial charge in [0.15, 0.2) is 5.76 Å². The molecule has 1 aromatic heterocycles. The third-order valence-corrected chi connectivity index (χ3v) is 1.90. The molecular weight excluding hydrogens is 198 g/mol. The Morgan fingerprint density at radius 2 is 2.60 bits per heavy atom. The van der Waals surface area contributed by atoms with Crippen molar-refractivity contribution in [3.05, 3.63) is 18.0 Å². The number of hydrogen-bond donors (Lipinski definition) is 2. The van der Waals surface area contributed by atoms with Crippen LogP contribution in [0.4, 0.5) is 0 Å². The van der Waals surface area contributed by atoms with Crippen LogP contribution in [-0.2, 0) is 16.1 Å². The van der Waals surface area contributed by atoms with Gasteiger partial charge in [0.25, 0.3) is 0 Å². The van der Waals surface area contributed by atoms with Crippen molar-refractivity contribution in [2.75, 3.05) is 13.7 Å². The highest BCUT2D eigenvalue weighted by Gasteiger charge is 2.12. The molecule has 1 heterocycles. The van der Waals surface area contributed by atoms with Gasteiger partial charge < -0.3 is 20.3 Å². The second kappa shape index (κ2) is 6.15. The van der Waals surface area contributed by atoms with E-state index in [0.717, 1.165) is 0 Å². The van der Waals surface area contributed by atoms with Gasteiger partial charge in [-0.1, -0.05) is 5.16 Å². The van der Waals surface area contributed by atoms with Crippen molar-refractivity contribution in [3.8, 4) is 0 Å². The van der Waals surface area contributed by atoms with Gasteiger partial charge in [0.1, 0.15) is 0 Å². The van der Waals surface area contributed by atoms with Gasteiger partial charge in [-0.2, -0.15) is 0 Å². The van der Waals surface area contributed by atoms with Crippen LogP contribution in [0.15, 0.2) is 16.8 Å². The number of ether oxygens (including phenoxy) is 1. The third kappa shape index (κ3) is 4.09. The number of carbonyl (C=O) groups excluding carboxylic acids is 1. The smallest absolute Gasteiger partial charge is 0.237 e. The molecule has 0 aromatic carbocycles. The van der Waals surface area contributed by atoms with E-state index in [2.05, 4.69) is 10.5 Å². The Morgan fingerprint density at radius 3 is 3.20 bits per heavy atom. The molecule has 15 heavy (non-hydrogen) atoms. The van der Waals surface area contributed by atoms with Crippen molar-refractivity contribution in [3.63, 3.8) is 0 Å². The van der Waals surface area contributed by atoms with E-state index in [4.69, 9.17) is 15.0 Å². The van der Waals surface area contributed by atoms with Gasteiger partial charge >= 0.3 is 0 Å². The maximum Gasteiger partial charge on any atom is 0.237 e. The van der Waals surface area contributed by atoms with E-state index in [1.807, 2.05) is 0 Å². The minimum Gasteiger partial charge on any atom is -0.385 e. The molecule has 0 bridgehead atoms. The second-order valence-corrected chi connectivity index (χ2v) is 3.08. The van der Waals surface area contributed by atoms with Crippen molar-refractivity contribution in [2.24, 2.45) is 5.73 Å². The molecule has 0 saturated carbocycles. The first-order chi connectivity index (χ1) is 7.24. The molecule has 0 spiro atoms. The number of nitrogens with zero attached hydrogens (tertiary/aromatic N) is 1. The van der Waals surface area contributed by atoms with Crippen LogP contribution in [0.3, 0.4) is 0 Å². The standard InChI is InChI=1S/C9H15N3O3/c1-14-5-3-8(10)9(13)11-6-7-2-4-12-15-7/h2,4,8H,3,5-6,10H2,1H3,(H,11,13). The van der Waals surface area contributed by atoms with Crippen molar-refractivity contribution in [1.82, 2.24) is 10.5 Å². The normalized spacial score (nSPS) is 12.4. The lowest BCUT2D eigenvalue weighted by molar-refractivity contribution is -0.123. The Morgan fingerprint density at radius 1 is 1.80 bits per heavy atom. The van der Waals surface area contributed by atoms with E-state index >= 15 is 0 Å². The number of methoxy groups -OCH3 is 1. The van der Waals surface area contributed by atoms with E-state index in [9.17, 15) is 4.79 Å². The fourth-order valence-electron chi connectivity index (χ4n) is 1.01. The Kier molecular flexibility index (Phi) is 4.79. The van der Waals surface area contributed by atoms with Gasteiger partial charge in [-0.15, -0.1) is 0 Å². The van der Waals surface area contributed by atoms with Gasteiger partial charge in [-0.3, -0.25) is 4.79 Å². The average molecular weight is 213 g/mol. The molecule has 1 amide bonds. The van der Waals surface area contributed by atoms with Crippen LogP contribution in [0, 0.1) is 0 Å². The summed E-state index contributed by atoms with van der Waals surface area (Å²) in [5, 5.41) is 6.16. The summed E-state index contributed by atoms with van der Waals surface area (Å²) in [6.07, 6.45) is 2.02. The van der Waals surface area contributed by atoms with E-state index in [1.165, 1.54) is 6.20 Å². The molecule has 3 N–H and O–H groups in total. The Hall–Kier alpha value is -1.40. The zero-order valence-electron chi connectivity index (χ0n) is 8.60. The van der Waals surface area contributed by atoms with Gasteiger partial charge in [-0.25, -0.2) is 0 Å². The molecule has 0 aliphatic carbocycles. The van der Waals surface area contributed by atoms with Crippen LogP contribution < -0.4 is 11.1 Å². The topological polar surface area (TPSA) is 90.4 Å². The van der Waals surface area contributed by atoms with Crippen LogP contribution >= 0.6 is 0 Å². The van der Waals surface area contributed by atoms with Crippen molar-refractivity contribution < 1.29 is 14.1 Å². The summed E-state index contributed by atoms with van der Waals surface area (Å²) in [7, 11) is 1.57. The van der Waals surface area contributed by atoms with Gasteiger partial charge in [0.2, 0.25) is 5.91 Å². The number of hydrogen-bond acceptors (Lipinski definition) is 5. The first-order valence-corrected chi connectivity index (χ1v) is 4.66. The molecule has 0 aliphatic heterocycles. The quantitative estimate of drug-likeness (QED) is 0.674. The van der Waals surface area contributed by atoms with Gasteiger partial charge in [0.05, 0.1) is 18.8 Å². The minimum absolute atomic E-state index is 0.219. The lowest BCUT2D eigenvalue weighted by atomic mass is 10.2. The van der Waals surface area contributed by atoms with Crippen LogP contribution in [0.25, 0.3) is 0 Å². The predicted molar refractivity (Wildman–Crippen MR) is 52.8 cm³/mol. The van der Waals surface area contributed by atoms with Crippen molar-refractivity contribution >= 4 is 5.91 Å². The monoisotopic (exact) mass is 213 g/mol. The summed E-state index contributed by atoms with van der Waals surface area (Å²) < 4.78 is 9.64. The number of amides is 1. The molecule has 1 rings (SSSR count). The zero-order chi connectivity index (χ0) is 11.1. The third-order valence-electron chi connectivity index (χ3n) is 1.90. The largest absolute Gasteiger partial charge is 0.385 e. The van der Waals surface area contributed by atoms with Gasteiger partial charge in [-0.05, 0) is 6.42 Å². The Balaban J connectivity index is 2.23. The number of rotatable bonds is 6. The average Bonchev–Trinajstić information content (AvgIpc) is 2.75. The van der Waals surface area contributed by atoms with E-state index in [0.29, 0.717) is 25.3 Å². The summed E-state index contributed by atoms with van der Waals surface area (Å²) in [4.78, 5) is 11.4. The van der Waals surface area contributed by atoms with E-state index < -0.39 is 6.04 Å². The maximum absolute atomic E-state index is 11.4. The Labute approximate surface area is 87.8 Å². The zero-order valence-corrected chi connectivity index (χ0v) is 8.60. The lowest BCUT2D eigenvalue weighted by Crippen LogP contribution is -2.40. The van der Waals surface area contributed by atoms with Crippen LogP contribution in [0.5, 0.6) is 0 Å². The molecule has 6 nitrogen and oxygen atoms in total. The molecule has 1 atom stereocenters. The molecule has 1 aromatic rings. The number of carbonyl (C=O) groups is 1. The predicted octanol–water partition coefficient (Wildman–Crippen LogP) is -0.345. The van der Waals surface area contributed by atoms with Crippen molar-refractivity contribution in [2.45, 2.75) is 19.0 Å². The summed E-state index contributed by atoms with van der Waals surface area (Å²) in [5.74, 6) is 0.380. The first kappa shape index (κ1) is 11.7. The van der Waals surface area contributed by atoms with E-state index in [-0.39, 0.29) is 5.91 Å². The highest BCUT2D eigenvalue weighted by Crippen LogP contribution is 1.96. The lowest BCUT2D eigenvalue weighted by Gasteiger charge is -2.10. The van der Waals surface area contributed by atoms with Crippen LogP contribution in [0.1, 0.15) is 12.2 Å². The molecule has 84 valence electrons. The Bertz CT molecular complexity index is 287. The highest BCUT2D eigenvalue weighted by molar-refractivity contribution is 5.81. The van der Waals surface area contributed by atoms with Crippen molar-refractivity contribution in [1.29, 1.82) is 0 Å². The number of nitrogens with one attached hydrogen (secondary N) is 1. The summed E-state index contributed by atoms with van der Waals surface area (Å²) >= 11 is 0. The molecule has 0 fully saturated rings. The molecule has 0 aliphatic rings. The highest BCUT2D eigenvalue weighted by atomic mass is 16.5. The fourth-order valence-corrected chi connectivity index (χ4v) is 1.01. The maximum atomic E-state index is 11.4. The molecular formula is C9H15N3O3. The SMILES string of the molecule is COCCC(N)C(=O)NCc1ccno1. The van der Waals surface area contributed by atoms with Crippen LogP contribution in [0.2, 0.25) is 0 Å². The summed E-state index contributed by atoms with van der Waals surface area (Å²) in [6.45, 7) is 0.774. The van der Waals surface area contributed by atoms with Gasteiger partial charge in [0, 0.05) is 19.8 Å². The van der Waals surface area contributed by atoms with E-state index in [1.54, 1.807) is 13.2 Å². The van der Waals surface area contributed by atoms with Crippen LogP contribution in [-0.4, -0.2) is 30.8 Å². The molecule has 0 radical (unpaired) electrons. The first-order valence-electron chi connectivity index (χ1n) is 4.66. The fraction of sp³-hybridized carbons (Fsp3) is 0.556. The number of nitrogens with two attached hydrogens (primary N) is 1. The summed E-state index contributed by atoms with van der Waals surface area (Å²) in [5.41, 5.74) is 5.60. The molecule has 1 unspecified atom stereocenters. The number of aromatic nitrogens is 1. The molecule has 0 saturated heterocycles. The second-order valence-electron chi connectivity index (χ2n) is 3.08. The molecule has 6 heteroatoms.